The van der Waals surface area contributed by atoms with Crippen LogP contribution >= 0.6 is 0 Å². The second kappa shape index (κ2) is 5.92. The highest BCUT2D eigenvalue weighted by Crippen LogP contribution is 2.17. The molecule has 1 aromatic carbocycles. The lowest BCUT2D eigenvalue weighted by Crippen LogP contribution is -2.25. The van der Waals surface area contributed by atoms with E-state index in [-0.39, 0.29) is 16.3 Å². The van der Waals surface area contributed by atoms with Crippen LogP contribution in [0.3, 0.4) is 0 Å². The Morgan fingerprint density at radius 3 is 2.62 bits per heavy atom. The van der Waals surface area contributed by atoms with Crippen molar-refractivity contribution >= 4 is 21.6 Å². The van der Waals surface area contributed by atoms with Crippen LogP contribution in [0.1, 0.15) is 17.3 Å². The topological polar surface area (TPSA) is 104 Å². The standard InChI is InChI=1S/C12H13FN4O3S/c1-2-14-11(18)10-7-15-16-12(10)21(19,20)17-9-5-3-8(13)4-6-9/h3-7,17H,2H2,1H3,(H,14,18)(H,15,16). The molecule has 0 saturated carbocycles. The van der Waals surface area contributed by atoms with Gasteiger partial charge in [-0.3, -0.25) is 14.6 Å². The zero-order valence-electron chi connectivity index (χ0n) is 11.1. The summed E-state index contributed by atoms with van der Waals surface area (Å²) in [7, 11) is -4.03. The molecule has 0 atom stereocenters. The summed E-state index contributed by atoms with van der Waals surface area (Å²) in [5.41, 5.74) is 0.0827. The summed E-state index contributed by atoms with van der Waals surface area (Å²) in [6, 6.07) is 4.79. The van der Waals surface area contributed by atoms with Crippen molar-refractivity contribution in [3.63, 3.8) is 0 Å². The van der Waals surface area contributed by atoms with Gasteiger partial charge in [0, 0.05) is 12.2 Å². The van der Waals surface area contributed by atoms with Crippen molar-refractivity contribution in [2.75, 3.05) is 11.3 Å². The summed E-state index contributed by atoms with van der Waals surface area (Å²) in [6.07, 6.45) is 1.13. The van der Waals surface area contributed by atoms with E-state index >= 15 is 0 Å². The number of aromatic nitrogens is 2. The van der Waals surface area contributed by atoms with Gasteiger partial charge in [0.2, 0.25) is 0 Å². The van der Waals surface area contributed by atoms with Crippen molar-refractivity contribution in [2.24, 2.45) is 0 Å². The number of benzene rings is 1. The maximum Gasteiger partial charge on any atom is 0.279 e. The second-order valence-electron chi connectivity index (χ2n) is 4.08. The van der Waals surface area contributed by atoms with Gasteiger partial charge >= 0.3 is 0 Å². The van der Waals surface area contributed by atoms with E-state index in [9.17, 15) is 17.6 Å². The van der Waals surface area contributed by atoms with Gasteiger partial charge in [-0.15, -0.1) is 0 Å². The average molecular weight is 312 g/mol. The molecule has 0 bridgehead atoms. The second-order valence-corrected chi connectivity index (χ2v) is 5.70. The van der Waals surface area contributed by atoms with Crippen molar-refractivity contribution in [3.05, 3.63) is 41.8 Å². The van der Waals surface area contributed by atoms with Gasteiger partial charge in [0.15, 0.2) is 5.03 Å². The first kappa shape index (κ1) is 15.0. The molecule has 0 aliphatic rings. The Bertz CT molecular complexity index is 740. The molecular weight excluding hydrogens is 299 g/mol. The summed E-state index contributed by atoms with van der Waals surface area (Å²) in [5.74, 6) is -1.03. The highest BCUT2D eigenvalue weighted by Gasteiger charge is 2.24. The first-order chi connectivity index (χ1) is 9.94. The van der Waals surface area contributed by atoms with E-state index in [1.165, 1.54) is 12.1 Å². The van der Waals surface area contributed by atoms with Crippen molar-refractivity contribution in [2.45, 2.75) is 11.9 Å². The fraction of sp³-hybridized carbons (Fsp3) is 0.167. The van der Waals surface area contributed by atoms with Crippen LogP contribution in [-0.2, 0) is 10.0 Å². The minimum absolute atomic E-state index is 0.0912. The number of amides is 1. The number of carbonyl (C=O) groups excluding carboxylic acids is 1. The minimum atomic E-state index is -4.03. The van der Waals surface area contributed by atoms with E-state index in [4.69, 9.17) is 0 Å². The summed E-state index contributed by atoms with van der Waals surface area (Å²) < 4.78 is 39.5. The Morgan fingerprint density at radius 1 is 1.33 bits per heavy atom. The summed E-state index contributed by atoms with van der Waals surface area (Å²) >= 11 is 0. The number of nitrogens with one attached hydrogen (secondary N) is 3. The number of aromatic amines is 1. The number of H-pyrrole nitrogens is 1. The van der Waals surface area contributed by atoms with E-state index in [0.717, 1.165) is 18.3 Å². The van der Waals surface area contributed by atoms with E-state index in [0.29, 0.717) is 6.54 Å². The first-order valence-corrected chi connectivity index (χ1v) is 7.52. The van der Waals surface area contributed by atoms with Gasteiger partial charge in [-0.2, -0.15) is 13.5 Å². The maximum atomic E-state index is 12.8. The van der Waals surface area contributed by atoms with Crippen LogP contribution in [0.15, 0.2) is 35.5 Å². The Hall–Kier alpha value is -2.42. The summed E-state index contributed by atoms with van der Waals surface area (Å²) in [5, 5.41) is 8.01. The normalized spacial score (nSPS) is 11.1. The number of rotatable bonds is 5. The van der Waals surface area contributed by atoms with Gasteiger partial charge in [-0.25, -0.2) is 4.39 Å². The molecule has 0 aliphatic carbocycles. The predicted molar refractivity (Wildman–Crippen MR) is 73.8 cm³/mol. The Kier molecular flexibility index (Phi) is 4.22. The average Bonchev–Trinajstić information content (AvgIpc) is 2.92. The zero-order chi connectivity index (χ0) is 15.5. The molecule has 112 valence electrons. The lowest BCUT2D eigenvalue weighted by Gasteiger charge is -2.08. The summed E-state index contributed by atoms with van der Waals surface area (Å²) in [4.78, 5) is 11.8. The monoisotopic (exact) mass is 312 g/mol. The van der Waals surface area contributed by atoms with Crippen LogP contribution in [0.4, 0.5) is 10.1 Å². The molecule has 3 N–H and O–H groups in total. The molecule has 2 rings (SSSR count). The number of hydrogen-bond donors (Lipinski definition) is 3. The largest absolute Gasteiger partial charge is 0.352 e. The van der Waals surface area contributed by atoms with Crippen LogP contribution in [0, 0.1) is 5.82 Å². The molecule has 9 heteroatoms. The quantitative estimate of drug-likeness (QED) is 0.769. The Morgan fingerprint density at radius 2 is 2.00 bits per heavy atom. The van der Waals surface area contributed by atoms with Gasteiger partial charge < -0.3 is 5.32 Å². The lowest BCUT2D eigenvalue weighted by molar-refractivity contribution is 0.0952. The molecule has 7 nitrogen and oxygen atoms in total. The van der Waals surface area contributed by atoms with Gasteiger partial charge in [-0.1, -0.05) is 0 Å². The van der Waals surface area contributed by atoms with Crippen LogP contribution in [-0.4, -0.2) is 31.1 Å². The molecule has 1 aromatic heterocycles. The predicted octanol–water partition coefficient (Wildman–Crippen LogP) is 1.10. The van der Waals surface area contributed by atoms with Gasteiger partial charge in [0.25, 0.3) is 15.9 Å². The fourth-order valence-corrected chi connectivity index (χ4v) is 2.78. The highest BCUT2D eigenvalue weighted by molar-refractivity contribution is 7.92. The minimum Gasteiger partial charge on any atom is -0.352 e. The Labute approximate surface area is 120 Å². The molecular formula is C12H13FN4O3S. The molecule has 0 radical (unpaired) electrons. The SMILES string of the molecule is CCNC(=O)c1cn[nH]c1S(=O)(=O)Nc1ccc(F)cc1. The number of sulfonamides is 1. The van der Waals surface area contributed by atoms with Crippen molar-refractivity contribution in [3.8, 4) is 0 Å². The smallest absolute Gasteiger partial charge is 0.279 e. The molecule has 1 amide bonds. The number of halogens is 1. The van der Waals surface area contributed by atoms with E-state index in [2.05, 4.69) is 20.2 Å². The zero-order valence-corrected chi connectivity index (χ0v) is 11.9. The molecule has 0 spiro atoms. The molecule has 0 unspecified atom stereocenters. The van der Waals surface area contributed by atoms with Crippen molar-refractivity contribution < 1.29 is 17.6 Å². The van der Waals surface area contributed by atoms with Crippen LogP contribution < -0.4 is 10.0 Å². The first-order valence-electron chi connectivity index (χ1n) is 6.04. The molecule has 21 heavy (non-hydrogen) atoms. The third kappa shape index (κ3) is 3.37. The molecule has 2 aromatic rings. The maximum absolute atomic E-state index is 12.8. The lowest BCUT2D eigenvalue weighted by atomic mass is 10.3. The van der Waals surface area contributed by atoms with Crippen LogP contribution in [0.2, 0.25) is 0 Å². The van der Waals surface area contributed by atoms with Crippen molar-refractivity contribution in [1.29, 1.82) is 0 Å². The highest BCUT2D eigenvalue weighted by atomic mass is 32.2. The molecule has 0 fully saturated rings. The number of hydrogen-bond acceptors (Lipinski definition) is 4. The number of anilines is 1. The number of carbonyl (C=O) groups is 1. The van der Waals surface area contributed by atoms with Crippen LogP contribution in [0.25, 0.3) is 0 Å². The fourth-order valence-electron chi connectivity index (χ4n) is 1.62. The molecule has 0 aliphatic heterocycles. The van der Waals surface area contributed by atoms with E-state index in [1.807, 2.05) is 0 Å². The van der Waals surface area contributed by atoms with Gasteiger partial charge in [0.1, 0.15) is 5.82 Å². The van der Waals surface area contributed by atoms with E-state index in [1.54, 1.807) is 6.92 Å². The van der Waals surface area contributed by atoms with Gasteiger partial charge in [-0.05, 0) is 31.2 Å². The van der Waals surface area contributed by atoms with Crippen molar-refractivity contribution in [1.82, 2.24) is 15.5 Å². The third-order valence-electron chi connectivity index (χ3n) is 2.55. The third-order valence-corrected chi connectivity index (χ3v) is 3.90. The summed E-state index contributed by atoms with van der Waals surface area (Å²) in [6.45, 7) is 2.07. The van der Waals surface area contributed by atoms with Crippen LogP contribution in [0.5, 0.6) is 0 Å². The number of nitrogens with zero attached hydrogens (tertiary/aromatic N) is 1. The van der Waals surface area contributed by atoms with E-state index < -0.39 is 21.7 Å². The van der Waals surface area contributed by atoms with Gasteiger partial charge in [0.05, 0.1) is 11.8 Å². The molecule has 0 saturated heterocycles. The Balaban J connectivity index is 2.30. The molecule has 1 heterocycles.